The summed E-state index contributed by atoms with van der Waals surface area (Å²) < 4.78 is 13.0. The minimum absolute atomic E-state index is 0.335. The molecule has 0 aliphatic carbocycles. The van der Waals surface area contributed by atoms with Crippen molar-refractivity contribution in [2.45, 2.75) is 13.0 Å². The Morgan fingerprint density at radius 1 is 1.33 bits per heavy atom. The Morgan fingerprint density at radius 2 is 2.17 bits per heavy atom. The van der Waals surface area contributed by atoms with Crippen molar-refractivity contribution in [2.75, 3.05) is 5.32 Å². The van der Waals surface area contributed by atoms with Crippen LogP contribution in [0.5, 0.6) is 0 Å². The zero-order valence-corrected chi connectivity index (χ0v) is 9.89. The quantitative estimate of drug-likeness (QED) is 0.897. The molecule has 0 aliphatic rings. The van der Waals surface area contributed by atoms with Crippen molar-refractivity contribution in [3.63, 3.8) is 0 Å². The van der Waals surface area contributed by atoms with Gasteiger partial charge in [-0.15, -0.1) is 0 Å². The summed E-state index contributed by atoms with van der Waals surface area (Å²) in [6.07, 6.45) is 1.65. The number of benzene rings is 1. The van der Waals surface area contributed by atoms with Gasteiger partial charge in [-0.25, -0.2) is 4.39 Å². The van der Waals surface area contributed by atoms with Crippen LogP contribution in [0.3, 0.4) is 0 Å². The average Bonchev–Trinajstić information content (AvgIpc) is 2.37. The summed E-state index contributed by atoms with van der Waals surface area (Å²) in [5, 5.41) is 12.1. The fraction of sp³-hybridized carbons (Fsp3) is 0.143. The van der Waals surface area contributed by atoms with E-state index in [1.165, 1.54) is 12.1 Å². The molecule has 0 spiro atoms. The molecule has 0 aliphatic heterocycles. The molecule has 0 saturated heterocycles. The molecule has 1 N–H and O–H groups in total. The molecule has 18 heavy (non-hydrogen) atoms. The largest absolute Gasteiger partial charge is 0.366 e. The number of aryl methyl sites for hydroxylation is 1. The van der Waals surface area contributed by atoms with Crippen molar-refractivity contribution in [1.29, 1.82) is 5.26 Å². The van der Waals surface area contributed by atoms with Crippen LogP contribution in [0.4, 0.5) is 10.1 Å². The second-order valence-electron chi connectivity index (χ2n) is 3.95. The van der Waals surface area contributed by atoms with E-state index in [9.17, 15) is 4.39 Å². The van der Waals surface area contributed by atoms with Crippen molar-refractivity contribution < 1.29 is 4.39 Å². The first kappa shape index (κ1) is 12.1. The van der Waals surface area contributed by atoms with E-state index in [0.29, 0.717) is 5.69 Å². The molecule has 3 nitrogen and oxygen atoms in total. The minimum Gasteiger partial charge on any atom is -0.366 e. The summed E-state index contributed by atoms with van der Waals surface area (Å²) in [5.41, 5.74) is 2.22. The minimum atomic E-state index is -0.542. The Kier molecular flexibility index (Phi) is 3.54. The van der Waals surface area contributed by atoms with E-state index in [0.717, 1.165) is 11.3 Å². The van der Waals surface area contributed by atoms with E-state index in [2.05, 4.69) is 16.4 Å². The summed E-state index contributed by atoms with van der Waals surface area (Å²) >= 11 is 0. The number of hydrogen-bond acceptors (Lipinski definition) is 3. The van der Waals surface area contributed by atoms with Gasteiger partial charge >= 0.3 is 0 Å². The van der Waals surface area contributed by atoms with E-state index in [4.69, 9.17) is 5.26 Å². The lowest BCUT2D eigenvalue weighted by Crippen LogP contribution is -2.09. The van der Waals surface area contributed by atoms with Crippen LogP contribution in [0.1, 0.15) is 17.3 Å². The van der Waals surface area contributed by atoms with E-state index >= 15 is 0 Å². The van der Waals surface area contributed by atoms with Crippen LogP contribution >= 0.6 is 0 Å². The molecule has 1 aromatic carbocycles. The highest BCUT2D eigenvalue weighted by molar-refractivity contribution is 5.47. The number of nitrogens with one attached hydrogen (secondary N) is 1. The highest BCUT2D eigenvalue weighted by Gasteiger charge is 2.10. The van der Waals surface area contributed by atoms with Crippen LogP contribution in [0.2, 0.25) is 0 Å². The van der Waals surface area contributed by atoms with Gasteiger partial charge in [0.05, 0.1) is 6.07 Å². The maximum absolute atomic E-state index is 13.0. The summed E-state index contributed by atoms with van der Waals surface area (Å²) in [7, 11) is 0. The molecule has 0 fully saturated rings. The van der Waals surface area contributed by atoms with Crippen LogP contribution in [-0.2, 0) is 0 Å². The molecule has 1 atom stereocenters. The Morgan fingerprint density at radius 3 is 2.78 bits per heavy atom. The van der Waals surface area contributed by atoms with Gasteiger partial charge in [-0.05, 0) is 31.2 Å². The van der Waals surface area contributed by atoms with Crippen molar-refractivity contribution in [3.05, 3.63) is 59.7 Å². The van der Waals surface area contributed by atoms with Gasteiger partial charge in [-0.3, -0.25) is 4.98 Å². The predicted molar refractivity (Wildman–Crippen MR) is 67.4 cm³/mol. The smallest absolute Gasteiger partial charge is 0.141 e. The molecule has 4 heteroatoms. The first-order valence-electron chi connectivity index (χ1n) is 5.53. The van der Waals surface area contributed by atoms with E-state index in [1.807, 2.05) is 19.1 Å². The SMILES string of the molecule is Cc1ccc(C(C#N)Nc2cccc(F)c2)cn1. The molecule has 0 saturated carbocycles. The van der Waals surface area contributed by atoms with Crippen LogP contribution in [0, 0.1) is 24.1 Å². The van der Waals surface area contributed by atoms with Crippen LogP contribution in [0.15, 0.2) is 42.6 Å². The van der Waals surface area contributed by atoms with E-state index < -0.39 is 6.04 Å². The number of halogens is 1. The van der Waals surface area contributed by atoms with Gasteiger partial charge in [0.15, 0.2) is 0 Å². The van der Waals surface area contributed by atoms with Crippen LogP contribution in [-0.4, -0.2) is 4.98 Å². The van der Waals surface area contributed by atoms with Gasteiger partial charge < -0.3 is 5.32 Å². The molecule has 1 heterocycles. The topological polar surface area (TPSA) is 48.7 Å². The number of hydrogen-bond donors (Lipinski definition) is 1. The fourth-order valence-corrected chi connectivity index (χ4v) is 1.59. The lowest BCUT2D eigenvalue weighted by molar-refractivity contribution is 0.628. The number of aromatic nitrogens is 1. The standard InChI is InChI=1S/C14H12FN3/c1-10-5-6-11(9-17-10)14(8-16)18-13-4-2-3-12(15)7-13/h2-7,9,14,18H,1H3. The number of nitriles is 1. The molecule has 1 aromatic heterocycles. The lowest BCUT2D eigenvalue weighted by atomic mass is 10.1. The van der Waals surface area contributed by atoms with Crippen molar-refractivity contribution in [3.8, 4) is 6.07 Å². The van der Waals surface area contributed by atoms with Gasteiger partial charge in [0.2, 0.25) is 0 Å². The molecule has 1 unspecified atom stereocenters. The zero-order chi connectivity index (χ0) is 13.0. The van der Waals surface area contributed by atoms with Gasteiger partial charge in [0, 0.05) is 23.1 Å². The zero-order valence-electron chi connectivity index (χ0n) is 9.89. The highest BCUT2D eigenvalue weighted by atomic mass is 19.1. The third kappa shape index (κ3) is 2.83. The second kappa shape index (κ2) is 5.28. The molecule has 0 radical (unpaired) electrons. The first-order chi connectivity index (χ1) is 8.69. The molecule has 90 valence electrons. The Labute approximate surface area is 105 Å². The van der Waals surface area contributed by atoms with Crippen molar-refractivity contribution >= 4 is 5.69 Å². The number of nitrogens with zero attached hydrogens (tertiary/aromatic N) is 2. The van der Waals surface area contributed by atoms with Crippen LogP contribution in [0.25, 0.3) is 0 Å². The van der Waals surface area contributed by atoms with Gasteiger partial charge in [0.25, 0.3) is 0 Å². The van der Waals surface area contributed by atoms with E-state index in [1.54, 1.807) is 18.3 Å². The summed E-state index contributed by atoms with van der Waals surface area (Å²) in [5.74, 6) is -0.335. The average molecular weight is 241 g/mol. The molecule has 2 aromatic rings. The highest BCUT2D eigenvalue weighted by Crippen LogP contribution is 2.19. The second-order valence-corrected chi connectivity index (χ2v) is 3.95. The Balaban J connectivity index is 2.20. The lowest BCUT2D eigenvalue weighted by Gasteiger charge is -2.13. The predicted octanol–water partition coefficient (Wildman–Crippen LogP) is 3.21. The van der Waals surface area contributed by atoms with E-state index in [-0.39, 0.29) is 5.82 Å². The van der Waals surface area contributed by atoms with Gasteiger partial charge in [-0.2, -0.15) is 5.26 Å². The molecular weight excluding hydrogens is 229 g/mol. The molecule has 0 amide bonds. The third-order valence-corrected chi connectivity index (χ3v) is 2.53. The number of pyridine rings is 1. The fourth-order valence-electron chi connectivity index (χ4n) is 1.59. The Hall–Kier alpha value is -2.41. The molecule has 2 rings (SSSR count). The third-order valence-electron chi connectivity index (χ3n) is 2.53. The first-order valence-corrected chi connectivity index (χ1v) is 5.53. The molecular formula is C14H12FN3. The number of anilines is 1. The van der Waals surface area contributed by atoms with Crippen LogP contribution < -0.4 is 5.32 Å². The van der Waals surface area contributed by atoms with Crippen molar-refractivity contribution in [1.82, 2.24) is 4.98 Å². The Bertz CT molecular complexity index is 572. The normalized spacial score (nSPS) is 11.6. The summed E-state index contributed by atoms with van der Waals surface area (Å²) in [4.78, 5) is 4.14. The summed E-state index contributed by atoms with van der Waals surface area (Å²) in [6, 6.07) is 11.3. The summed E-state index contributed by atoms with van der Waals surface area (Å²) in [6.45, 7) is 1.88. The van der Waals surface area contributed by atoms with Gasteiger partial charge in [-0.1, -0.05) is 12.1 Å². The number of rotatable bonds is 3. The maximum Gasteiger partial charge on any atom is 0.141 e. The van der Waals surface area contributed by atoms with Gasteiger partial charge in [0.1, 0.15) is 11.9 Å². The monoisotopic (exact) mass is 241 g/mol. The molecule has 0 bridgehead atoms. The maximum atomic E-state index is 13.0. The van der Waals surface area contributed by atoms with Crippen molar-refractivity contribution in [2.24, 2.45) is 0 Å².